The van der Waals surface area contributed by atoms with Crippen LogP contribution in [0.25, 0.3) is 0 Å². The van der Waals surface area contributed by atoms with Gasteiger partial charge in [0.25, 0.3) is 0 Å². The summed E-state index contributed by atoms with van der Waals surface area (Å²) < 4.78 is 0. The zero-order valence-electron chi connectivity index (χ0n) is 13.3. The van der Waals surface area contributed by atoms with Crippen molar-refractivity contribution in [3.63, 3.8) is 0 Å². The summed E-state index contributed by atoms with van der Waals surface area (Å²) in [6, 6.07) is 10.3. The van der Waals surface area contributed by atoms with E-state index >= 15 is 0 Å². The van der Waals surface area contributed by atoms with Crippen molar-refractivity contribution in [1.82, 2.24) is 10.2 Å². The zero-order valence-corrected chi connectivity index (χ0v) is 13.3. The number of carbonyl (C=O) groups is 1. The van der Waals surface area contributed by atoms with Crippen molar-refractivity contribution in [2.24, 2.45) is 11.3 Å². The van der Waals surface area contributed by atoms with E-state index in [0.717, 1.165) is 13.0 Å². The molecule has 1 aromatic carbocycles. The standard InChI is InChI=1S/C18H26N2O/c1-4-13(2)15-17(21)20(12-18(3)10-11-18)16(19-15)14-8-6-5-7-9-14/h5-9,13,15-16,19H,4,10-12H2,1-3H3. The Labute approximate surface area is 127 Å². The second kappa shape index (κ2) is 5.45. The van der Waals surface area contributed by atoms with Crippen LogP contribution in [-0.2, 0) is 4.79 Å². The Hall–Kier alpha value is -1.35. The SMILES string of the molecule is CCC(C)C1NC(c2ccccc2)N(CC2(C)CC2)C1=O. The van der Waals surface area contributed by atoms with Gasteiger partial charge in [-0.3, -0.25) is 10.1 Å². The maximum atomic E-state index is 12.9. The average Bonchev–Trinajstić information content (AvgIpc) is 3.15. The molecule has 3 unspecified atom stereocenters. The van der Waals surface area contributed by atoms with Gasteiger partial charge in [0.2, 0.25) is 5.91 Å². The molecule has 1 heterocycles. The van der Waals surface area contributed by atoms with Crippen LogP contribution in [0.5, 0.6) is 0 Å². The molecule has 1 aliphatic heterocycles. The first kappa shape index (κ1) is 14.6. The van der Waals surface area contributed by atoms with E-state index in [1.807, 2.05) is 6.07 Å². The second-order valence-electron chi connectivity index (χ2n) is 7.12. The van der Waals surface area contributed by atoms with Gasteiger partial charge in [-0.05, 0) is 29.7 Å². The van der Waals surface area contributed by atoms with Crippen molar-refractivity contribution >= 4 is 5.91 Å². The van der Waals surface area contributed by atoms with Crippen LogP contribution < -0.4 is 5.32 Å². The van der Waals surface area contributed by atoms with E-state index in [4.69, 9.17) is 0 Å². The van der Waals surface area contributed by atoms with Crippen LogP contribution in [0.4, 0.5) is 0 Å². The highest BCUT2D eigenvalue weighted by Gasteiger charge is 2.47. The van der Waals surface area contributed by atoms with Crippen LogP contribution in [0.15, 0.2) is 30.3 Å². The number of nitrogens with one attached hydrogen (secondary N) is 1. The third-order valence-corrected chi connectivity index (χ3v) is 5.18. The van der Waals surface area contributed by atoms with Crippen LogP contribution in [0.1, 0.15) is 51.8 Å². The summed E-state index contributed by atoms with van der Waals surface area (Å²) in [5.74, 6) is 0.659. The Kier molecular flexibility index (Phi) is 3.78. The Morgan fingerprint density at radius 3 is 2.57 bits per heavy atom. The molecule has 21 heavy (non-hydrogen) atoms. The fourth-order valence-corrected chi connectivity index (χ4v) is 3.14. The number of carbonyl (C=O) groups excluding carboxylic acids is 1. The van der Waals surface area contributed by atoms with Crippen LogP contribution in [0.2, 0.25) is 0 Å². The summed E-state index contributed by atoms with van der Waals surface area (Å²) in [4.78, 5) is 14.9. The van der Waals surface area contributed by atoms with Crippen molar-refractivity contribution in [3.8, 4) is 0 Å². The predicted molar refractivity (Wildman–Crippen MR) is 84.6 cm³/mol. The lowest BCUT2D eigenvalue weighted by molar-refractivity contribution is -0.131. The van der Waals surface area contributed by atoms with Gasteiger partial charge >= 0.3 is 0 Å². The summed E-state index contributed by atoms with van der Waals surface area (Å²) in [5, 5.41) is 3.58. The first-order valence-electron chi connectivity index (χ1n) is 8.15. The first-order chi connectivity index (χ1) is 10.0. The number of rotatable bonds is 5. The average molecular weight is 286 g/mol. The Bertz CT molecular complexity index is 509. The van der Waals surface area contributed by atoms with Crippen LogP contribution >= 0.6 is 0 Å². The molecule has 0 spiro atoms. The van der Waals surface area contributed by atoms with Crippen molar-refractivity contribution in [3.05, 3.63) is 35.9 Å². The van der Waals surface area contributed by atoms with Crippen molar-refractivity contribution in [2.75, 3.05) is 6.54 Å². The van der Waals surface area contributed by atoms with Crippen molar-refractivity contribution in [2.45, 2.75) is 52.2 Å². The maximum absolute atomic E-state index is 12.9. The minimum absolute atomic E-state index is 0.0372. The quantitative estimate of drug-likeness (QED) is 0.900. The van der Waals surface area contributed by atoms with Gasteiger partial charge < -0.3 is 4.90 Å². The lowest BCUT2D eigenvalue weighted by Crippen LogP contribution is -2.37. The smallest absolute Gasteiger partial charge is 0.241 e. The topological polar surface area (TPSA) is 32.3 Å². The van der Waals surface area contributed by atoms with Gasteiger partial charge in [-0.1, -0.05) is 57.5 Å². The molecule has 0 bridgehead atoms. The van der Waals surface area contributed by atoms with Gasteiger partial charge in [0, 0.05) is 6.54 Å². The highest BCUT2D eigenvalue weighted by Crippen LogP contribution is 2.47. The number of amides is 1. The summed E-state index contributed by atoms with van der Waals surface area (Å²) in [6.45, 7) is 7.49. The fourth-order valence-electron chi connectivity index (χ4n) is 3.14. The molecule has 3 heteroatoms. The van der Waals surface area contributed by atoms with E-state index in [1.165, 1.54) is 18.4 Å². The molecule has 0 radical (unpaired) electrons. The minimum Gasteiger partial charge on any atom is -0.321 e. The molecule has 1 saturated heterocycles. The molecule has 0 aromatic heterocycles. The normalized spacial score (nSPS) is 28.7. The van der Waals surface area contributed by atoms with Crippen molar-refractivity contribution < 1.29 is 4.79 Å². The molecule has 1 aliphatic carbocycles. The number of nitrogens with zero attached hydrogens (tertiary/aromatic N) is 1. The lowest BCUT2D eigenvalue weighted by Gasteiger charge is -2.27. The molecule has 2 aliphatic rings. The van der Waals surface area contributed by atoms with E-state index in [-0.39, 0.29) is 18.1 Å². The predicted octanol–water partition coefficient (Wildman–Crippen LogP) is 3.33. The van der Waals surface area contributed by atoms with Crippen molar-refractivity contribution in [1.29, 1.82) is 0 Å². The summed E-state index contributed by atoms with van der Waals surface area (Å²) in [5.41, 5.74) is 1.54. The molecule has 114 valence electrons. The van der Waals surface area contributed by atoms with Gasteiger partial charge in [0.05, 0.1) is 6.04 Å². The molecule has 1 amide bonds. The molecule has 2 fully saturated rings. The molecular formula is C18H26N2O. The third kappa shape index (κ3) is 2.84. The number of hydrogen-bond acceptors (Lipinski definition) is 2. The van der Waals surface area contributed by atoms with Crippen LogP contribution in [0.3, 0.4) is 0 Å². The second-order valence-corrected chi connectivity index (χ2v) is 7.12. The highest BCUT2D eigenvalue weighted by molar-refractivity contribution is 5.85. The molecule has 3 nitrogen and oxygen atoms in total. The maximum Gasteiger partial charge on any atom is 0.241 e. The number of hydrogen-bond donors (Lipinski definition) is 1. The number of benzene rings is 1. The first-order valence-corrected chi connectivity index (χ1v) is 8.15. The lowest BCUT2D eigenvalue weighted by atomic mass is 9.99. The molecule has 3 atom stereocenters. The molecule has 1 saturated carbocycles. The van der Waals surface area contributed by atoms with Gasteiger partial charge in [-0.2, -0.15) is 0 Å². The Balaban J connectivity index is 1.86. The van der Waals surface area contributed by atoms with Gasteiger partial charge in [0.15, 0.2) is 0 Å². The molecule has 1 aromatic rings. The zero-order chi connectivity index (χ0) is 15.0. The minimum atomic E-state index is -0.0393. The Morgan fingerprint density at radius 2 is 2.00 bits per heavy atom. The van der Waals surface area contributed by atoms with E-state index in [9.17, 15) is 4.79 Å². The van der Waals surface area contributed by atoms with Gasteiger partial charge in [-0.15, -0.1) is 0 Å². The summed E-state index contributed by atoms with van der Waals surface area (Å²) in [7, 11) is 0. The summed E-state index contributed by atoms with van der Waals surface area (Å²) >= 11 is 0. The van der Waals surface area contributed by atoms with E-state index < -0.39 is 0 Å². The van der Waals surface area contributed by atoms with Gasteiger partial charge in [-0.25, -0.2) is 0 Å². The monoisotopic (exact) mass is 286 g/mol. The molecular weight excluding hydrogens is 260 g/mol. The van der Waals surface area contributed by atoms with E-state index in [0.29, 0.717) is 11.3 Å². The van der Waals surface area contributed by atoms with Crippen LogP contribution in [-0.4, -0.2) is 23.4 Å². The molecule has 1 N–H and O–H groups in total. The fraction of sp³-hybridized carbons (Fsp3) is 0.611. The molecule has 3 rings (SSSR count). The van der Waals surface area contributed by atoms with Gasteiger partial charge in [0.1, 0.15) is 6.17 Å². The van der Waals surface area contributed by atoms with Crippen LogP contribution in [0, 0.1) is 11.3 Å². The Morgan fingerprint density at radius 1 is 1.33 bits per heavy atom. The van der Waals surface area contributed by atoms with E-state index in [2.05, 4.69) is 55.3 Å². The summed E-state index contributed by atoms with van der Waals surface area (Å²) in [6.07, 6.45) is 3.55. The third-order valence-electron chi connectivity index (χ3n) is 5.18. The highest BCUT2D eigenvalue weighted by atomic mass is 16.2. The largest absolute Gasteiger partial charge is 0.321 e. The van der Waals surface area contributed by atoms with E-state index in [1.54, 1.807) is 0 Å².